The van der Waals surface area contributed by atoms with Crippen molar-refractivity contribution in [3.63, 3.8) is 0 Å². The number of nitrogens with zero attached hydrogens (tertiary/aromatic N) is 2. The van der Waals surface area contributed by atoms with Gasteiger partial charge in [-0.15, -0.1) is 0 Å². The van der Waals surface area contributed by atoms with Crippen LogP contribution in [0.2, 0.25) is 0 Å². The van der Waals surface area contributed by atoms with Crippen LogP contribution in [0.5, 0.6) is 5.75 Å². The molecule has 0 aromatic heterocycles. The Hall–Kier alpha value is -2.62. The highest BCUT2D eigenvalue weighted by atomic mass is 79.9. The van der Waals surface area contributed by atoms with Gasteiger partial charge in [0.15, 0.2) is 0 Å². The minimum absolute atomic E-state index is 0.206. The standard InChI is InChI=1S/C23H27BrN4O4/c1-3-27-11-5-7-17(27)14-25-21(29)23(31)19-12-15(24)9-10-20(19)26-22(30)28(23)16-6-4-8-18(13-16)32-2/h4,6,8-10,12-13,17,31H,3,5,7,11,14H2,1-2H3,(H,25,29)(H,26,30)/t17-,23+/m0/s1. The Bertz CT molecular complexity index is 1030. The van der Waals surface area contributed by atoms with Gasteiger partial charge in [-0.1, -0.05) is 28.9 Å². The Labute approximate surface area is 195 Å². The highest BCUT2D eigenvalue weighted by molar-refractivity contribution is 9.10. The molecule has 3 N–H and O–H groups in total. The molecule has 2 aliphatic heterocycles. The number of ether oxygens (including phenoxy) is 1. The van der Waals surface area contributed by atoms with E-state index in [4.69, 9.17) is 4.74 Å². The van der Waals surface area contributed by atoms with Crippen molar-refractivity contribution in [1.82, 2.24) is 10.2 Å². The molecule has 4 rings (SSSR count). The van der Waals surface area contributed by atoms with Gasteiger partial charge >= 0.3 is 6.03 Å². The smallest absolute Gasteiger partial charge is 0.329 e. The first-order valence-corrected chi connectivity index (χ1v) is 11.5. The van der Waals surface area contributed by atoms with Crippen molar-refractivity contribution < 1.29 is 19.4 Å². The van der Waals surface area contributed by atoms with E-state index in [1.807, 2.05) is 0 Å². The quantitative estimate of drug-likeness (QED) is 0.563. The Morgan fingerprint density at radius 3 is 2.91 bits per heavy atom. The molecule has 0 spiro atoms. The highest BCUT2D eigenvalue weighted by Gasteiger charge is 2.52. The van der Waals surface area contributed by atoms with Crippen molar-refractivity contribution in [3.8, 4) is 5.75 Å². The zero-order valence-corrected chi connectivity index (χ0v) is 19.7. The van der Waals surface area contributed by atoms with E-state index < -0.39 is 17.7 Å². The van der Waals surface area contributed by atoms with E-state index in [0.29, 0.717) is 28.1 Å². The molecule has 0 bridgehead atoms. The second kappa shape index (κ2) is 9.09. The molecule has 2 atom stereocenters. The zero-order chi connectivity index (χ0) is 22.9. The van der Waals surface area contributed by atoms with Gasteiger partial charge in [-0.25, -0.2) is 4.79 Å². The van der Waals surface area contributed by atoms with Gasteiger partial charge in [0.2, 0.25) is 0 Å². The molecule has 2 aliphatic rings. The first-order chi connectivity index (χ1) is 15.4. The van der Waals surface area contributed by atoms with E-state index in [0.717, 1.165) is 30.8 Å². The van der Waals surface area contributed by atoms with Crippen LogP contribution >= 0.6 is 15.9 Å². The normalized spacial score (nSPS) is 22.9. The topological polar surface area (TPSA) is 94.1 Å². The molecule has 0 aliphatic carbocycles. The van der Waals surface area contributed by atoms with Crippen molar-refractivity contribution >= 4 is 39.2 Å². The minimum atomic E-state index is -2.25. The molecule has 9 heteroatoms. The van der Waals surface area contributed by atoms with Gasteiger partial charge in [-0.3, -0.25) is 14.6 Å². The second-order valence-corrected chi connectivity index (χ2v) is 8.88. The van der Waals surface area contributed by atoms with Crippen molar-refractivity contribution in [1.29, 1.82) is 0 Å². The summed E-state index contributed by atoms with van der Waals surface area (Å²) >= 11 is 3.41. The average Bonchev–Trinajstić information content (AvgIpc) is 3.25. The minimum Gasteiger partial charge on any atom is -0.497 e. The molecule has 2 heterocycles. The molecule has 170 valence electrons. The number of likely N-dealkylation sites (N-methyl/N-ethyl adjacent to an activating group) is 1. The van der Waals surface area contributed by atoms with E-state index in [2.05, 4.69) is 38.4 Å². The summed E-state index contributed by atoms with van der Waals surface area (Å²) in [5, 5.41) is 17.6. The van der Waals surface area contributed by atoms with E-state index in [-0.39, 0.29) is 11.6 Å². The van der Waals surface area contributed by atoms with E-state index >= 15 is 0 Å². The summed E-state index contributed by atoms with van der Waals surface area (Å²) in [5.41, 5.74) is -1.25. The SMILES string of the molecule is CCN1CCC[C@H]1CNC(=O)[C@]1(O)c2cc(Br)ccc2NC(=O)N1c1cccc(OC)c1. The molecular formula is C23H27BrN4O4. The van der Waals surface area contributed by atoms with E-state index in [1.165, 1.54) is 7.11 Å². The Kier molecular flexibility index (Phi) is 6.41. The molecule has 0 radical (unpaired) electrons. The van der Waals surface area contributed by atoms with Crippen molar-refractivity contribution in [2.24, 2.45) is 0 Å². The zero-order valence-electron chi connectivity index (χ0n) is 18.1. The van der Waals surface area contributed by atoms with Crippen LogP contribution in [0.25, 0.3) is 0 Å². The molecule has 8 nitrogen and oxygen atoms in total. The number of aliphatic hydroxyl groups is 1. The first-order valence-electron chi connectivity index (χ1n) is 10.7. The fraction of sp³-hybridized carbons (Fsp3) is 0.391. The molecule has 1 fully saturated rings. The third kappa shape index (κ3) is 3.96. The lowest BCUT2D eigenvalue weighted by Gasteiger charge is -2.43. The number of urea groups is 1. The number of amides is 3. The number of rotatable bonds is 6. The van der Waals surface area contributed by atoms with Crippen LogP contribution in [-0.4, -0.2) is 54.7 Å². The molecule has 0 unspecified atom stereocenters. The molecule has 0 saturated carbocycles. The fourth-order valence-corrected chi connectivity index (χ4v) is 4.87. The number of likely N-dealkylation sites (tertiary alicyclic amines) is 1. The molecule has 2 aromatic carbocycles. The summed E-state index contributed by atoms with van der Waals surface area (Å²) in [6.45, 7) is 4.39. The van der Waals surface area contributed by atoms with Gasteiger partial charge in [0.25, 0.3) is 11.6 Å². The third-order valence-electron chi connectivity index (χ3n) is 6.16. The average molecular weight is 503 g/mol. The maximum absolute atomic E-state index is 13.6. The predicted octanol–water partition coefficient (Wildman–Crippen LogP) is 3.26. The van der Waals surface area contributed by atoms with Crippen molar-refractivity contribution in [3.05, 3.63) is 52.5 Å². The third-order valence-corrected chi connectivity index (χ3v) is 6.65. The molecule has 3 amide bonds. The van der Waals surface area contributed by atoms with Crippen LogP contribution in [0.1, 0.15) is 25.3 Å². The Balaban J connectivity index is 1.74. The number of hydrogen-bond donors (Lipinski definition) is 3. The Morgan fingerprint density at radius 2 is 2.16 bits per heavy atom. The Morgan fingerprint density at radius 1 is 1.34 bits per heavy atom. The van der Waals surface area contributed by atoms with Gasteiger partial charge in [-0.05, 0) is 56.3 Å². The number of nitrogens with one attached hydrogen (secondary N) is 2. The van der Waals surface area contributed by atoms with E-state index in [1.54, 1.807) is 42.5 Å². The largest absolute Gasteiger partial charge is 0.497 e. The summed E-state index contributed by atoms with van der Waals surface area (Å²) < 4.78 is 5.96. The first kappa shape index (κ1) is 22.6. The lowest BCUT2D eigenvalue weighted by molar-refractivity contribution is -0.140. The van der Waals surface area contributed by atoms with Crippen LogP contribution < -0.4 is 20.3 Å². The number of halogens is 1. The molecule has 32 heavy (non-hydrogen) atoms. The van der Waals surface area contributed by atoms with Gasteiger partial charge in [0.1, 0.15) is 5.75 Å². The molecular weight excluding hydrogens is 476 g/mol. The number of anilines is 2. The molecule has 1 saturated heterocycles. The van der Waals surface area contributed by atoms with Crippen LogP contribution in [0.15, 0.2) is 46.9 Å². The lowest BCUT2D eigenvalue weighted by atomic mass is 9.94. The van der Waals surface area contributed by atoms with Crippen LogP contribution in [0, 0.1) is 0 Å². The summed E-state index contributed by atoms with van der Waals surface area (Å²) in [5.74, 6) is -0.153. The number of carbonyl (C=O) groups is 2. The van der Waals surface area contributed by atoms with Crippen LogP contribution in [0.3, 0.4) is 0 Å². The summed E-state index contributed by atoms with van der Waals surface area (Å²) in [4.78, 5) is 30.1. The number of methoxy groups -OCH3 is 1. The van der Waals surface area contributed by atoms with Crippen LogP contribution in [-0.2, 0) is 10.5 Å². The number of benzene rings is 2. The van der Waals surface area contributed by atoms with Gasteiger partial charge < -0.3 is 20.5 Å². The number of carbonyl (C=O) groups excluding carboxylic acids is 2. The maximum atomic E-state index is 13.6. The fourth-order valence-electron chi connectivity index (χ4n) is 4.51. The maximum Gasteiger partial charge on any atom is 0.329 e. The molecule has 2 aromatic rings. The van der Waals surface area contributed by atoms with Gasteiger partial charge in [-0.2, -0.15) is 0 Å². The van der Waals surface area contributed by atoms with Crippen molar-refractivity contribution in [2.45, 2.75) is 31.5 Å². The number of fused-ring (bicyclic) bond motifs is 1. The lowest BCUT2D eigenvalue weighted by Crippen LogP contribution is -2.63. The summed E-state index contributed by atoms with van der Waals surface area (Å²) in [6, 6.07) is 11.3. The summed E-state index contributed by atoms with van der Waals surface area (Å²) in [7, 11) is 1.52. The van der Waals surface area contributed by atoms with Gasteiger partial charge in [0, 0.05) is 28.7 Å². The number of hydrogen-bond acceptors (Lipinski definition) is 5. The monoisotopic (exact) mass is 502 g/mol. The summed E-state index contributed by atoms with van der Waals surface area (Å²) in [6.07, 6.45) is 2.06. The van der Waals surface area contributed by atoms with Crippen molar-refractivity contribution in [2.75, 3.05) is 37.0 Å². The predicted molar refractivity (Wildman–Crippen MR) is 126 cm³/mol. The van der Waals surface area contributed by atoms with E-state index in [9.17, 15) is 14.7 Å². The highest BCUT2D eigenvalue weighted by Crippen LogP contribution is 2.41. The van der Waals surface area contributed by atoms with Crippen LogP contribution in [0.4, 0.5) is 16.2 Å². The second-order valence-electron chi connectivity index (χ2n) is 7.96. The van der Waals surface area contributed by atoms with Gasteiger partial charge in [0.05, 0.1) is 18.5 Å².